The number of anilines is 1. The van der Waals surface area contributed by atoms with Gasteiger partial charge in [0.2, 0.25) is 5.91 Å². The van der Waals surface area contributed by atoms with Crippen LogP contribution >= 0.6 is 0 Å². The van der Waals surface area contributed by atoms with Gasteiger partial charge in [-0.1, -0.05) is 19.9 Å². The summed E-state index contributed by atoms with van der Waals surface area (Å²) < 4.78 is 5.70. The SMILES string of the molecule is CC(C)CCOc1cccc(NC(=O)C2CCCN2)c1. The zero-order valence-electron chi connectivity index (χ0n) is 12.3. The van der Waals surface area contributed by atoms with Gasteiger partial charge >= 0.3 is 0 Å². The predicted octanol–water partition coefficient (Wildman–Crippen LogP) is 2.80. The van der Waals surface area contributed by atoms with Gasteiger partial charge in [-0.05, 0) is 43.9 Å². The van der Waals surface area contributed by atoms with E-state index in [2.05, 4.69) is 24.5 Å². The number of benzene rings is 1. The normalized spacial score (nSPS) is 18.2. The molecule has 4 nitrogen and oxygen atoms in total. The fourth-order valence-corrected chi connectivity index (χ4v) is 2.21. The molecule has 0 bridgehead atoms. The molecule has 0 aromatic heterocycles. The van der Waals surface area contributed by atoms with Crippen LogP contribution in [-0.4, -0.2) is 25.1 Å². The van der Waals surface area contributed by atoms with Gasteiger partial charge in [0.25, 0.3) is 0 Å². The van der Waals surface area contributed by atoms with Crippen molar-refractivity contribution in [2.45, 2.75) is 39.2 Å². The molecule has 110 valence electrons. The number of hydrogen-bond donors (Lipinski definition) is 2. The first-order chi connectivity index (χ1) is 9.65. The van der Waals surface area contributed by atoms with Gasteiger partial charge in [-0.25, -0.2) is 0 Å². The molecule has 4 heteroatoms. The highest BCUT2D eigenvalue weighted by molar-refractivity contribution is 5.95. The Balaban J connectivity index is 1.86. The molecule has 1 aromatic rings. The van der Waals surface area contributed by atoms with Crippen molar-refractivity contribution in [3.8, 4) is 5.75 Å². The summed E-state index contributed by atoms with van der Waals surface area (Å²) >= 11 is 0. The summed E-state index contributed by atoms with van der Waals surface area (Å²) in [5, 5.41) is 6.14. The summed E-state index contributed by atoms with van der Waals surface area (Å²) in [6, 6.07) is 7.54. The molecule has 1 unspecified atom stereocenters. The summed E-state index contributed by atoms with van der Waals surface area (Å²) in [4.78, 5) is 12.0. The molecule has 0 aliphatic carbocycles. The van der Waals surface area contributed by atoms with Crippen LogP contribution in [0.2, 0.25) is 0 Å². The summed E-state index contributed by atoms with van der Waals surface area (Å²) in [6.45, 7) is 5.99. The minimum Gasteiger partial charge on any atom is -0.494 e. The number of ether oxygens (including phenoxy) is 1. The molecule has 1 fully saturated rings. The van der Waals surface area contributed by atoms with Crippen LogP contribution in [0.15, 0.2) is 24.3 Å². The summed E-state index contributed by atoms with van der Waals surface area (Å²) in [5.74, 6) is 1.48. The lowest BCUT2D eigenvalue weighted by molar-refractivity contribution is -0.117. The molecule has 2 N–H and O–H groups in total. The van der Waals surface area contributed by atoms with Crippen molar-refractivity contribution in [1.29, 1.82) is 0 Å². The standard InChI is InChI=1S/C16H24N2O2/c1-12(2)8-10-20-14-6-3-5-13(11-14)18-16(19)15-7-4-9-17-15/h3,5-6,11-12,15,17H,4,7-10H2,1-2H3,(H,18,19). The number of nitrogens with one attached hydrogen (secondary N) is 2. The number of hydrogen-bond acceptors (Lipinski definition) is 3. The largest absolute Gasteiger partial charge is 0.494 e. The van der Waals surface area contributed by atoms with Crippen molar-refractivity contribution in [2.75, 3.05) is 18.5 Å². The minimum atomic E-state index is -0.0551. The van der Waals surface area contributed by atoms with E-state index in [1.807, 2.05) is 24.3 Å². The molecule has 1 amide bonds. The summed E-state index contributed by atoms with van der Waals surface area (Å²) in [6.07, 6.45) is 3.01. The zero-order chi connectivity index (χ0) is 14.4. The lowest BCUT2D eigenvalue weighted by atomic mass is 10.1. The predicted molar refractivity (Wildman–Crippen MR) is 81.0 cm³/mol. The van der Waals surface area contributed by atoms with Gasteiger partial charge in [-0.2, -0.15) is 0 Å². The smallest absolute Gasteiger partial charge is 0.241 e. The maximum Gasteiger partial charge on any atom is 0.241 e. The average molecular weight is 276 g/mol. The minimum absolute atomic E-state index is 0.0434. The third-order valence-corrected chi connectivity index (χ3v) is 3.44. The molecule has 1 aliphatic rings. The maximum atomic E-state index is 12.0. The molecule has 20 heavy (non-hydrogen) atoms. The lowest BCUT2D eigenvalue weighted by Gasteiger charge is -2.13. The van der Waals surface area contributed by atoms with Crippen molar-refractivity contribution in [2.24, 2.45) is 5.92 Å². The van der Waals surface area contributed by atoms with Crippen molar-refractivity contribution in [1.82, 2.24) is 5.32 Å². The molecule has 1 aromatic carbocycles. The van der Waals surface area contributed by atoms with Gasteiger partial charge in [0.05, 0.1) is 12.6 Å². The number of carbonyl (C=O) groups is 1. The Morgan fingerprint density at radius 3 is 3.05 bits per heavy atom. The van der Waals surface area contributed by atoms with Crippen molar-refractivity contribution in [3.05, 3.63) is 24.3 Å². The molecule has 0 radical (unpaired) electrons. The second kappa shape index (κ2) is 7.29. The van der Waals surface area contributed by atoms with Gasteiger partial charge in [0.15, 0.2) is 0 Å². The van der Waals surface area contributed by atoms with E-state index in [1.54, 1.807) is 0 Å². The second-order valence-electron chi connectivity index (χ2n) is 5.70. The second-order valence-corrected chi connectivity index (χ2v) is 5.70. The van der Waals surface area contributed by atoms with Crippen LogP contribution in [0.25, 0.3) is 0 Å². The van der Waals surface area contributed by atoms with E-state index in [1.165, 1.54) is 0 Å². The molecular weight excluding hydrogens is 252 g/mol. The van der Waals surface area contributed by atoms with E-state index in [0.717, 1.165) is 37.2 Å². The summed E-state index contributed by atoms with van der Waals surface area (Å²) in [7, 11) is 0. The van der Waals surface area contributed by atoms with Gasteiger partial charge in [0, 0.05) is 11.8 Å². The fraction of sp³-hybridized carbons (Fsp3) is 0.562. The first-order valence-electron chi connectivity index (χ1n) is 7.42. The van der Waals surface area contributed by atoms with Crippen molar-refractivity contribution >= 4 is 11.6 Å². The topological polar surface area (TPSA) is 50.4 Å². The quantitative estimate of drug-likeness (QED) is 0.840. The van der Waals surface area contributed by atoms with E-state index >= 15 is 0 Å². The molecule has 0 saturated carbocycles. The van der Waals surface area contributed by atoms with Crippen molar-refractivity contribution in [3.63, 3.8) is 0 Å². The Kier molecular flexibility index (Phi) is 5.41. The van der Waals surface area contributed by atoms with Gasteiger partial charge < -0.3 is 15.4 Å². The van der Waals surface area contributed by atoms with E-state index in [-0.39, 0.29) is 11.9 Å². The van der Waals surface area contributed by atoms with Crippen LogP contribution in [0.1, 0.15) is 33.1 Å². The number of rotatable bonds is 6. The fourth-order valence-electron chi connectivity index (χ4n) is 2.21. The number of amides is 1. The lowest BCUT2D eigenvalue weighted by Crippen LogP contribution is -2.35. The maximum absolute atomic E-state index is 12.0. The Hall–Kier alpha value is -1.55. The van der Waals surface area contributed by atoms with Crippen LogP contribution in [0.4, 0.5) is 5.69 Å². The molecule has 1 atom stereocenters. The Morgan fingerprint density at radius 2 is 2.35 bits per heavy atom. The zero-order valence-corrected chi connectivity index (χ0v) is 12.3. The molecule has 1 aliphatic heterocycles. The van der Waals surface area contributed by atoms with Gasteiger partial charge in [-0.15, -0.1) is 0 Å². The van der Waals surface area contributed by atoms with E-state index in [9.17, 15) is 4.79 Å². The Morgan fingerprint density at radius 1 is 1.50 bits per heavy atom. The highest BCUT2D eigenvalue weighted by atomic mass is 16.5. The van der Waals surface area contributed by atoms with Crippen LogP contribution in [0.5, 0.6) is 5.75 Å². The van der Waals surface area contributed by atoms with Crippen LogP contribution < -0.4 is 15.4 Å². The Labute approximate surface area is 120 Å². The monoisotopic (exact) mass is 276 g/mol. The third-order valence-electron chi connectivity index (χ3n) is 3.44. The first kappa shape index (κ1) is 14.9. The van der Waals surface area contributed by atoms with Crippen LogP contribution in [0, 0.1) is 5.92 Å². The highest BCUT2D eigenvalue weighted by Crippen LogP contribution is 2.19. The Bertz CT molecular complexity index is 440. The molecule has 1 saturated heterocycles. The molecule has 1 heterocycles. The van der Waals surface area contributed by atoms with Gasteiger partial charge in [0.1, 0.15) is 5.75 Å². The van der Waals surface area contributed by atoms with Gasteiger partial charge in [-0.3, -0.25) is 4.79 Å². The third kappa shape index (κ3) is 4.53. The van der Waals surface area contributed by atoms with E-state index in [4.69, 9.17) is 4.74 Å². The van der Waals surface area contributed by atoms with Crippen LogP contribution in [0.3, 0.4) is 0 Å². The number of carbonyl (C=O) groups excluding carboxylic acids is 1. The molecule has 2 rings (SSSR count). The molecular formula is C16H24N2O2. The van der Waals surface area contributed by atoms with E-state index < -0.39 is 0 Å². The molecule has 0 spiro atoms. The highest BCUT2D eigenvalue weighted by Gasteiger charge is 2.21. The average Bonchev–Trinajstić information content (AvgIpc) is 2.92. The van der Waals surface area contributed by atoms with Crippen molar-refractivity contribution < 1.29 is 9.53 Å². The first-order valence-corrected chi connectivity index (χ1v) is 7.42. The van der Waals surface area contributed by atoms with Crippen LogP contribution in [-0.2, 0) is 4.79 Å². The van der Waals surface area contributed by atoms with E-state index in [0.29, 0.717) is 12.5 Å². The summed E-state index contributed by atoms with van der Waals surface area (Å²) in [5.41, 5.74) is 0.797.